The first-order valence-corrected chi connectivity index (χ1v) is 6.25. The van der Waals surface area contributed by atoms with Gasteiger partial charge in [-0.1, -0.05) is 22.7 Å². The Bertz CT molecular complexity index is 741. The maximum absolute atomic E-state index is 12.2. The Kier molecular flexibility index (Phi) is 2.81. The summed E-state index contributed by atoms with van der Waals surface area (Å²) in [6.45, 7) is 0. The van der Waals surface area contributed by atoms with Crippen LogP contribution in [0.25, 0.3) is 10.9 Å². The van der Waals surface area contributed by atoms with E-state index < -0.39 is 0 Å². The van der Waals surface area contributed by atoms with Crippen LogP contribution < -0.4 is 11.1 Å². The van der Waals surface area contributed by atoms with Crippen molar-refractivity contribution in [2.75, 3.05) is 11.1 Å². The molecule has 7 heteroatoms. The minimum absolute atomic E-state index is 0.253. The van der Waals surface area contributed by atoms with Crippen molar-refractivity contribution in [1.82, 2.24) is 14.6 Å². The van der Waals surface area contributed by atoms with Crippen molar-refractivity contribution in [3.63, 3.8) is 0 Å². The third-order valence-electron chi connectivity index (χ3n) is 2.58. The van der Waals surface area contributed by atoms with E-state index in [0.29, 0.717) is 21.9 Å². The lowest BCUT2D eigenvalue weighted by Gasteiger charge is -2.07. The molecular weight excluding hydrogens is 262 g/mol. The molecule has 0 fully saturated rings. The second kappa shape index (κ2) is 4.62. The summed E-state index contributed by atoms with van der Waals surface area (Å²) in [5, 5.41) is 7.74. The summed E-state index contributed by atoms with van der Waals surface area (Å²) in [6.07, 6.45) is 1.50. The summed E-state index contributed by atoms with van der Waals surface area (Å²) < 4.78 is 3.69. The molecule has 3 N–H and O–H groups in total. The van der Waals surface area contributed by atoms with Crippen LogP contribution >= 0.6 is 11.5 Å². The molecule has 0 unspecified atom stereocenters. The van der Waals surface area contributed by atoms with Crippen LogP contribution in [0.3, 0.4) is 0 Å². The van der Waals surface area contributed by atoms with Crippen molar-refractivity contribution >= 4 is 39.2 Å². The van der Waals surface area contributed by atoms with Gasteiger partial charge in [0.25, 0.3) is 5.91 Å². The first-order valence-electron chi connectivity index (χ1n) is 5.48. The first kappa shape index (κ1) is 11.5. The Morgan fingerprint density at radius 2 is 2.16 bits per heavy atom. The topological polar surface area (TPSA) is 93.8 Å². The molecule has 2 aromatic heterocycles. The van der Waals surface area contributed by atoms with Crippen LogP contribution in [0.2, 0.25) is 0 Å². The lowest BCUT2D eigenvalue weighted by molar-refractivity contribution is 0.102. The molecular formula is C12H9N5OS. The SMILES string of the molecule is Nc1cc(C(=O)Nc2cnns2)c2ccccc2n1. The Labute approximate surface area is 112 Å². The van der Waals surface area contributed by atoms with Crippen molar-refractivity contribution in [3.8, 4) is 0 Å². The molecule has 0 bridgehead atoms. The van der Waals surface area contributed by atoms with Crippen LogP contribution in [0.15, 0.2) is 36.5 Å². The second-order valence-electron chi connectivity index (χ2n) is 3.85. The fourth-order valence-electron chi connectivity index (χ4n) is 1.79. The molecule has 0 saturated heterocycles. The number of nitrogens with two attached hydrogens (primary N) is 1. The van der Waals surface area contributed by atoms with Gasteiger partial charge in [-0.15, -0.1) is 5.10 Å². The average molecular weight is 271 g/mol. The Balaban J connectivity index is 2.06. The van der Waals surface area contributed by atoms with E-state index in [1.807, 2.05) is 24.3 Å². The lowest BCUT2D eigenvalue weighted by atomic mass is 10.1. The van der Waals surface area contributed by atoms with Crippen LogP contribution in [0, 0.1) is 0 Å². The number of rotatable bonds is 2. The van der Waals surface area contributed by atoms with Crippen LogP contribution in [0.4, 0.5) is 10.8 Å². The normalized spacial score (nSPS) is 10.5. The molecule has 0 saturated carbocycles. The third-order valence-corrected chi connectivity index (χ3v) is 3.16. The predicted octanol–water partition coefficient (Wildman–Crippen LogP) is 1.92. The van der Waals surface area contributed by atoms with Crippen molar-refractivity contribution in [3.05, 3.63) is 42.1 Å². The van der Waals surface area contributed by atoms with E-state index in [9.17, 15) is 4.79 Å². The largest absolute Gasteiger partial charge is 0.384 e. The second-order valence-corrected chi connectivity index (χ2v) is 4.63. The van der Waals surface area contributed by atoms with Crippen LogP contribution in [-0.2, 0) is 0 Å². The summed E-state index contributed by atoms with van der Waals surface area (Å²) in [5.41, 5.74) is 6.90. The molecule has 3 rings (SSSR count). The summed E-state index contributed by atoms with van der Waals surface area (Å²) in [5.74, 6) is 0.0580. The standard InChI is InChI=1S/C12H9N5OS/c13-10-5-8(7-3-1-2-4-9(7)15-10)12(18)16-11-6-14-17-19-11/h1-6H,(H2,13,15)(H,16,18). The van der Waals surface area contributed by atoms with Crippen LogP contribution in [-0.4, -0.2) is 20.5 Å². The Morgan fingerprint density at radius 1 is 1.32 bits per heavy atom. The Hall–Kier alpha value is -2.54. The number of benzene rings is 1. The van der Waals surface area contributed by atoms with E-state index in [4.69, 9.17) is 5.73 Å². The zero-order valence-corrected chi connectivity index (χ0v) is 10.5. The van der Waals surface area contributed by atoms with Gasteiger partial charge in [0.05, 0.1) is 17.3 Å². The summed E-state index contributed by atoms with van der Waals surface area (Å²) in [6, 6.07) is 8.92. The fourth-order valence-corrected chi connectivity index (χ4v) is 2.20. The van der Waals surface area contributed by atoms with Gasteiger partial charge in [-0.25, -0.2) is 4.98 Å². The van der Waals surface area contributed by atoms with Crippen LogP contribution in [0.1, 0.15) is 10.4 Å². The van der Waals surface area contributed by atoms with E-state index in [1.54, 1.807) is 6.07 Å². The lowest BCUT2D eigenvalue weighted by Crippen LogP contribution is -2.12. The fraction of sp³-hybridized carbons (Fsp3) is 0. The molecule has 0 aliphatic carbocycles. The van der Waals surface area contributed by atoms with Gasteiger partial charge < -0.3 is 11.1 Å². The molecule has 19 heavy (non-hydrogen) atoms. The number of carbonyl (C=O) groups is 1. The first-order chi connectivity index (χ1) is 9.24. The molecule has 1 aromatic carbocycles. The van der Waals surface area contributed by atoms with Gasteiger partial charge in [-0.05, 0) is 12.1 Å². The minimum Gasteiger partial charge on any atom is -0.384 e. The number of nitrogen functional groups attached to an aromatic ring is 1. The molecule has 0 atom stereocenters. The van der Waals surface area contributed by atoms with Crippen LogP contribution in [0.5, 0.6) is 0 Å². The van der Waals surface area contributed by atoms with Gasteiger partial charge in [-0.3, -0.25) is 4.79 Å². The monoisotopic (exact) mass is 271 g/mol. The van der Waals surface area contributed by atoms with Gasteiger partial charge in [-0.2, -0.15) is 0 Å². The maximum atomic E-state index is 12.2. The number of aromatic nitrogens is 3. The zero-order chi connectivity index (χ0) is 13.2. The molecule has 0 aliphatic heterocycles. The number of para-hydroxylation sites is 1. The highest BCUT2D eigenvalue weighted by atomic mass is 32.1. The highest BCUT2D eigenvalue weighted by Crippen LogP contribution is 2.21. The van der Waals surface area contributed by atoms with Gasteiger partial charge in [0.2, 0.25) is 0 Å². The van der Waals surface area contributed by atoms with E-state index in [0.717, 1.165) is 16.9 Å². The van der Waals surface area contributed by atoms with Gasteiger partial charge in [0, 0.05) is 16.9 Å². The number of nitrogens with zero attached hydrogens (tertiary/aromatic N) is 3. The minimum atomic E-state index is -0.253. The van der Waals surface area contributed by atoms with Crippen molar-refractivity contribution in [2.45, 2.75) is 0 Å². The highest BCUT2D eigenvalue weighted by molar-refractivity contribution is 7.10. The van der Waals surface area contributed by atoms with Crippen molar-refractivity contribution in [2.24, 2.45) is 0 Å². The molecule has 0 aliphatic rings. The maximum Gasteiger partial charge on any atom is 0.257 e. The highest BCUT2D eigenvalue weighted by Gasteiger charge is 2.13. The number of hydrogen-bond acceptors (Lipinski definition) is 6. The number of anilines is 2. The third kappa shape index (κ3) is 2.23. The number of amides is 1. The molecule has 0 radical (unpaired) electrons. The summed E-state index contributed by atoms with van der Waals surface area (Å²) in [4.78, 5) is 16.4. The number of carbonyl (C=O) groups excluding carboxylic acids is 1. The van der Waals surface area contributed by atoms with E-state index in [2.05, 4.69) is 19.9 Å². The number of fused-ring (bicyclic) bond motifs is 1. The van der Waals surface area contributed by atoms with Gasteiger partial charge >= 0.3 is 0 Å². The quantitative estimate of drug-likeness (QED) is 0.742. The number of pyridine rings is 1. The van der Waals surface area contributed by atoms with E-state index >= 15 is 0 Å². The summed E-state index contributed by atoms with van der Waals surface area (Å²) in [7, 11) is 0. The number of nitrogens with one attached hydrogen (secondary N) is 1. The zero-order valence-electron chi connectivity index (χ0n) is 9.70. The molecule has 94 valence electrons. The predicted molar refractivity (Wildman–Crippen MR) is 74.0 cm³/mol. The molecule has 1 amide bonds. The van der Waals surface area contributed by atoms with Gasteiger partial charge in [0.1, 0.15) is 10.8 Å². The Morgan fingerprint density at radius 3 is 2.95 bits per heavy atom. The smallest absolute Gasteiger partial charge is 0.257 e. The average Bonchev–Trinajstić information content (AvgIpc) is 2.90. The molecule has 3 aromatic rings. The summed E-state index contributed by atoms with van der Waals surface area (Å²) >= 11 is 1.12. The van der Waals surface area contributed by atoms with Crippen molar-refractivity contribution < 1.29 is 4.79 Å². The molecule has 0 spiro atoms. The molecule has 6 nitrogen and oxygen atoms in total. The van der Waals surface area contributed by atoms with E-state index in [1.165, 1.54) is 6.20 Å². The van der Waals surface area contributed by atoms with Crippen molar-refractivity contribution in [1.29, 1.82) is 0 Å². The molecule has 2 heterocycles. The van der Waals surface area contributed by atoms with E-state index in [-0.39, 0.29) is 5.91 Å². The van der Waals surface area contributed by atoms with Gasteiger partial charge in [0.15, 0.2) is 0 Å². The number of hydrogen-bond donors (Lipinski definition) is 2.